The minimum absolute atomic E-state index is 0.154. The van der Waals surface area contributed by atoms with Crippen molar-refractivity contribution >= 4 is 50.7 Å². The number of pyridine rings is 1. The highest BCUT2D eigenvalue weighted by Gasteiger charge is 2.21. The van der Waals surface area contributed by atoms with Crippen LogP contribution in [0, 0.1) is 10.1 Å². The summed E-state index contributed by atoms with van der Waals surface area (Å²) in [4.78, 5) is 24.8. The molecule has 0 aliphatic carbocycles. The number of carboxylic acids is 1. The number of carboxylic acid groups (broad SMARTS) is 1. The summed E-state index contributed by atoms with van der Waals surface area (Å²) in [5.41, 5.74) is -0.464. The summed E-state index contributed by atoms with van der Waals surface area (Å²) in [6.45, 7) is 0. The Morgan fingerprint density at radius 3 is 2.76 bits per heavy atom. The molecule has 0 bridgehead atoms. The average Bonchev–Trinajstić information content (AvgIpc) is 2.42. The third-order valence-corrected chi connectivity index (χ3v) is 3.43. The van der Waals surface area contributed by atoms with Crippen LogP contribution in [0.5, 0.6) is 0 Å². The van der Waals surface area contributed by atoms with Crippen molar-refractivity contribution in [3.63, 3.8) is 0 Å². The maximum atomic E-state index is 11.1. The summed E-state index contributed by atoms with van der Waals surface area (Å²) in [5, 5.41) is 23.1. The Hall–Kier alpha value is -2.19. The van der Waals surface area contributed by atoms with E-state index in [4.69, 9.17) is 16.7 Å². The Morgan fingerprint density at radius 2 is 2.14 bits per heavy atom. The normalized spacial score (nSPS) is 10.2. The highest BCUT2D eigenvalue weighted by Crippen LogP contribution is 2.29. The molecule has 0 spiro atoms. The molecule has 21 heavy (non-hydrogen) atoms. The van der Waals surface area contributed by atoms with E-state index in [1.165, 1.54) is 0 Å². The first-order chi connectivity index (χ1) is 9.88. The van der Waals surface area contributed by atoms with Gasteiger partial charge in [-0.2, -0.15) is 0 Å². The largest absolute Gasteiger partial charge is 0.477 e. The lowest BCUT2D eigenvalue weighted by Crippen LogP contribution is -2.05. The summed E-state index contributed by atoms with van der Waals surface area (Å²) in [6.07, 6.45) is 0.893. The predicted molar refractivity (Wildman–Crippen MR) is 80.3 cm³/mol. The van der Waals surface area contributed by atoms with E-state index in [9.17, 15) is 14.9 Å². The van der Waals surface area contributed by atoms with Crippen LogP contribution < -0.4 is 5.32 Å². The van der Waals surface area contributed by atoms with Gasteiger partial charge in [0.25, 0.3) is 0 Å². The molecule has 0 fully saturated rings. The van der Waals surface area contributed by atoms with Gasteiger partial charge in [-0.25, -0.2) is 9.78 Å². The zero-order chi connectivity index (χ0) is 15.6. The van der Waals surface area contributed by atoms with Crippen molar-refractivity contribution in [3.8, 4) is 0 Å². The third-order valence-electron chi connectivity index (χ3n) is 2.50. The van der Waals surface area contributed by atoms with Crippen LogP contribution in [-0.4, -0.2) is 21.0 Å². The molecule has 2 N–H and O–H groups in total. The van der Waals surface area contributed by atoms with E-state index < -0.39 is 22.1 Å². The van der Waals surface area contributed by atoms with E-state index >= 15 is 0 Å². The Kier molecular flexibility index (Phi) is 4.39. The fourth-order valence-electron chi connectivity index (χ4n) is 1.56. The third kappa shape index (κ3) is 3.47. The van der Waals surface area contributed by atoms with Crippen LogP contribution in [0.2, 0.25) is 5.02 Å². The number of hydrogen-bond acceptors (Lipinski definition) is 5. The van der Waals surface area contributed by atoms with Gasteiger partial charge in [-0.3, -0.25) is 10.1 Å². The summed E-state index contributed by atoms with van der Waals surface area (Å²) < 4.78 is 0.684. The second-order valence-corrected chi connectivity index (χ2v) is 5.19. The maximum Gasteiger partial charge on any atom is 0.342 e. The van der Waals surface area contributed by atoms with E-state index in [2.05, 4.69) is 26.2 Å². The summed E-state index contributed by atoms with van der Waals surface area (Å²) in [7, 11) is 0. The maximum absolute atomic E-state index is 11.1. The number of aromatic nitrogens is 1. The van der Waals surface area contributed by atoms with Crippen LogP contribution in [-0.2, 0) is 0 Å². The number of anilines is 2. The summed E-state index contributed by atoms with van der Waals surface area (Å²) >= 11 is 9.17. The molecule has 0 aliphatic heterocycles. The lowest BCUT2D eigenvalue weighted by molar-refractivity contribution is -0.385. The Bertz CT molecular complexity index is 738. The zero-order valence-corrected chi connectivity index (χ0v) is 12.6. The van der Waals surface area contributed by atoms with Crippen LogP contribution in [0.1, 0.15) is 10.4 Å². The van der Waals surface area contributed by atoms with E-state index in [1.54, 1.807) is 18.2 Å². The van der Waals surface area contributed by atoms with Crippen molar-refractivity contribution in [3.05, 3.63) is 55.6 Å². The summed E-state index contributed by atoms with van der Waals surface area (Å²) in [6, 6.07) is 6.07. The van der Waals surface area contributed by atoms with Gasteiger partial charge in [-0.1, -0.05) is 11.6 Å². The van der Waals surface area contributed by atoms with Gasteiger partial charge in [0.2, 0.25) is 0 Å². The standard InChI is InChI=1S/C12H7BrClN3O4/c13-8-2-1-6(14)3-9(8)16-11-4-7(12(18)19)10(5-15-11)17(20)21/h1-5H,(H,15,16)(H,18,19). The molecule has 9 heteroatoms. The fourth-order valence-corrected chi connectivity index (χ4v) is 2.08. The minimum atomic E-state index is -1.41. The van der Waals surface area contributed by atoms with Gasteiger partial charge in [-0.15, -0.1) is 0 Å². The van der Waals surface area contributed by atoms with E-state index in [-0.39, 0.29) is 5.82 Å². The fraction of sp³-hybridized carbons (Fsp3) is 0. The van der Waals surface area contributed by atoms with Crippen molar-refractivity contribution in [1.29, 1.82) is 0 Å². The average molecular weight is 373 g/mol. The molecule has 0 aliphatic rings. The SMILES string of the molecule is O=C(O)c1cc(Nc2cc(Cl)ccc2Br)ncc1[N+](=O)[O-]. The lowest BCUT2D eigenvalue weighted by Gasteiger charge is -2.09. The van der Waals surface area contributed by atoms with E-state index in [0.717, 1.165) is 12.3 Å². The van der Waals surface area contributed by atoms with Gasteiger partial charge in [0.15, 0.2) is 0 Å². The molecule has 0 amide bonds. The predicted octanol–water partition coefficient (Wildman–Crippen LogP) is 3.85. The number of benzene rings is 1. The molecule has 2 aromatic rings. The van der Waals surface area contributed by atoms with Crippen molar-refractivity contribution in [2.24, 2.45) is 0 Å². The number of nitro groups is 1. The van der Waals surface area contributed by atoms with Crippen LogP contribution in [0.4, 0.5) is 17.2 Å². The van der Waals surface area contributed by atoms with Crippen molar-refractivity contribution in [1.82, 2.24) is 4.98 Å². The molecule has 2 rings (SSSR count). The van der Waals surface area contributed by atoms with Crippen LogP contribution in [0.15, 0.2) is 34.9 Å². The first-order valence-corrected chi connectivity index (χ1v) is 6.65. The van der Waals surface area contributed by atoms with Crippen LogP contribution in [0.3, 0.4) is 0 Å². The molecule has 1 aromatic heterocycles. The molecule has 1 heterocycles. The number of aromatic carboxylic acids is 1. The Balaban J connectivity index is 2.41. The van der Waals surface area contributed by atoms with Gasteiger partial charge in [-0.05, 0) is 34.1 Å². The summed E-state index contributed by atoms with van der Waals surface area (Å²) in [5.74, 6) is -1.25. The molecule has 0 saturated carbocycles. The highest BCUT2D eigenvalue weighted by molar-refractivity contribution is 9.10. The molecular formula is C12H7BrClN3O4. The van der Waals surface area contributed by atoms with E-state index in [0.29, 0.717) is 15.2 Å². The van der Waals surface area contributed by atoms with Crippen molar-refractivity contribution in [2.75, 3.05) is 5.32 Å². The number of rotatable bonds is 4. The molecule has 0 saturated heterocycles. The molecule has 0 radical (unpaired) electrons. The zero-order valence-electron chi connectivity index (χ0n) is 10.2. The van der Waals surface area contributed by atoms with Crippen LogP contribution in [0.25, 0.3) is 0 Å². The van der Waals surface area contributed by atoms with Gasteiger partial charge in [0.05, 0.1) is 10.6 Å². The van der Waals surface area contributed by atoms with Gasteiger partial charge >= 0.3 is 11.7 Å². The number of carbonyl (C=O) groups is 1. The number of nitrogens with one attached hydrogen (secondary N) is 1. The van der Waals surface area contributed by atoms with Crippen molar-refractivity contribution < 1.29 is 14.8 Å². The van der Waals surface area contributed by atoms with E-state index in [1.807, 2.05) is 0 Å². The Labute approximate surface area is 131 Å². The molecule has 0 unspecified atom stereocenters. The molecule has 7 nitrogen and oxygen atoms in total. The van der Waals surface area contributed by atoms with Gasteiger partial charge in [0.1, 0.15) is 17.6 Å². The molecule has 108 valence electrons. The minimum Gasteiger partial charge on any atom is -0.477 e. The second-order valence-electron chi connectivity index (χ2n) is 3.90. The lowest BCUT2D eigenvalue weighted by atomic mass is 10.2. The number of halogens is 2. The van der Waals surface area contributed by atoms with Gasteiger partial charge < -0.3 is 10.4 Å². The Morgan fingerprint density at radius 1 is 1.43 bits per heavy atom. The van der Waals surface area contributed by atoms with Crippen LogP contribution >= 0.6 is 27.5 Å². The molecule has 1 aromatic carbocycles. The molecule has 0 atom stereocenters. The second kappa shape index (κ2) is 6.06. The quantitative estimate of drug-likeness (QED) is 0.624. The first kappa shape index (κ1) is 15.2. The first-order valence-electron chi connectivity index (χ1n) is 5.48. The van der Waals surface area contributed by atoms with Gasteiger partial charge in [0, 0.05) is 15.6 Å². The highest BCUT2D eigenvalue weighted by atomic mass is 79.9. The smallest absolute Gasteiger partial charge is 0.342 e. The number of hydrogen-bond donors (Lipinski definition) is 2. The molecular weight excluding hydrogens is 366 g/mol. The number of nitrogens with zero attached hydrogens (tertiary/aromatic N) is 2. The topological polar surface area (TPSA) is 105 Å². The van der Waals surface area contributed by atoms with Crippen molar-refractivity contribution in [2.45, 2.75) is 0 Å². The monoisotopic (exact) mass is 371 g/mol.